The van der Waals surface area contributed by atoms with E-state index >= 15 is 0 Å². The summed E-state index contributed by atoms with van der Waals surface area (Å²) in [6.07, 6.45) is 0. The number of nitrogens with one attached hydrogen (secondary N) is 2. The number of guanidine groups is 1. The number of rotatable bonds is 10. The van der Waals surface area contributed by atoms with Gasteiger partial charge in [-0.3, -0.25) is 0 Å². The number of methoxy groups -OCH3 is 2. The van der Waals surface area contributed by atoms with Crippen LogP contribution < -0.4 is 29.6 Å². The first kappa shape index (κ1) is 22.2. The van der Waals surface area contributed by atoms with Crippen molar-refractivity contribution in [1.82, 2.24) is 5.32 Å². The summed E-state index contributed by atoms with van der Waals surface area (Å²) >= 11 is 0. The lowest BCUT2D eigenvalue weighted by Gasteiger charge is -2.15. The van der Waals surface area contributed by atoms with Gasteiger partial charge in [0, 0.05) is 18.3 Å². The molecule has 2 rings (SSSR count). The van der Waals surface area contributed by atoms with Gasteiger partial charge in [-0.15, -0.1) is 0 Å². The second kappa shape index (κ2) is 11.7. The predicted octanol–water partition coefficient (Wildman–Crippen LogP) is 4.08. The number of anilines is 1. The average Bonchev–Trinajstić information content (AvgIpc) is 2.73. The molecule has 0 unspecified atom stereocenters. The molecule has 0 heterocycles. The molecule has 0 aliphatic rings. The van der Waals surface area contributed by atoms with Crippen LogP contribution in [0.1, 0.15) is 26.3 Å². The van der Waals surface area contributed by atoms with Crippen molar-refractivity contribution in [2.75, 3.05) is 39.3 Å². The highest BCUT2D eigenvalue weighted by Crippen LogP contribution is 2.30. The highest BCUT2D eigenvalue weighted by molar-refractivity contribution is 5.93. The fourth-order valence-electron chi connectivity index (χ4n) is 2.72. The van der Waals surface area contributed by atoms with Crippen molar-refractivity contribution in [3.8, 4) is 23.0 Å². The van der Waals surface area contributed by atoms with Crippen molar-refractivity contribution in [3.05, 3.63) is 42.0 Å². The molecule has 7 heteroatoms. The fraction of sp³-hybridized carbons (Fsp3) is 0.409. The number of ether oxygens (including phenoxy) is 4. The van der Waals surface area contributed by atoms with Crippen LogP contribution in [-0.2, 0) is 6.54 Å². The van der Waals surface area contributed by atoms with E-state index in [-0.39, 0.29) is 0 Å². The summed E-state index contributed by atoms with van der Waals surface area (Å²) in [5.41, 5.74) is 1.88. The number of benzene rings is 2. The Bertz CT molecular complexity index is 809. The lowest BCUT2D eigenvalue weighted by atomic mass is 10.2. The van der Waals surface area contributed by atoms with Crippen molar-refractivity contribution in [2.45, 2.75) is 27.3 Å². The summed E-state index contributed by atoms with van der Waals surface area (Å²) in [6, 6.07) is 11.5. The van der Waals surface area contributed by atoms with E-state index in [2.05, 4.69) is 15.6 Å². The van der Waals surface area contributed by atoms with Crippen molar-refractivity contribution in [1.29, 1.82) is 0 Å². The van der Waals surface area contributed by atoms with Gasteiger partial charge in [0.1, 0.15) is 0 Å². The molecule has 0 aliphatic heterocycles. The molecule has 0 bridgehead atoms. The van der Waals surface area contributed by atoms with Gasteiger partial charge in [0.25, 0.3) is 0 Å². The van der Waals surface area contributed by atoms with Gasteiger partial charge in [0.2, 0.25) is 0 Å². The maximum Gasteiger partial charge on any atom is 0.196 e. The van der Waals surface area contributed by atoms with Crippen LogP contribution in [0.4, 0.5) is 5.69 Å². The first-order valence-electron chi connectivity index (χ1n) is 9.80. The van der Waals surface area contributed by atoms with Crippen LogP contribution in [0.25, 0.3) is 0 Å². The van der Waals surface area contributed by atoms with Crippen LogP contribution in [0, 0.1) is 0 Å². The third-order valence-corrected chi connectivity index (χ3v) is 4.02. The smallest absolute Gasteiger partial charge is 0.196 e. The maximum absolute atomic E-state index is 5.65. The highest BCUT2D eigenvalue weighted by atomic mass is 16.5. The van der Waals surface area contributed by atoms with E-state index in [4.69, 9.17) is 18.9 Å². The van der Waals surface area contributed by atoms with E-state index in [1.165, 1.54) is 0 Å². The van der Waals surface area contributed by atoms with Gasteiger partial charge in [0.15, 0.2) is 29.0 Å². The van der Waals surface area contributed by atoms with Crippen LogP contribution in [0.15, 0.2) is 41.4 Å². The average molecular weight is 402 g/mol. The Balaban J connectivity index is 2.18. The Morgan fingerprint density at radius 2 is 1.45 bits per heavy atom. The summed E-state index contributed by atoms with van der Waals surface area (Å²) in [7, 11) is 3.26. The van der Waals surface area contributed by atoms with Gasteiger partial charge in [-0.2, -0.15) is 0 Å². The fourth-order valence-corrected chi connectivity index (χ4v) is 2.72. The molecular formula is C22H31N3O4. The molecular weight excluding hydrogens is 370 g/mol. The van der Waals surface area contributed by atoms with Crippen LogP contribution >= 0.6 is 0 Å². The number of aliphatic imine (C=N–C) groups is 1. The van der Waals surface area contributed by atoms with Crippen molar-refractivity contribution in [2.24, 2.45) is 4.99 Å². The zero-order valence-electron chi connectivity index (χ0n) is 17.9. The minimum atomic E-state index is 0.494. The molecule has 0 atom stereocenters. The Morgan fingerprint density at radius 3 is 2.03 bits per heavy atom. The zero-order valence-corrected chi connectivity index (χ0v) is 17.9. The minimum absolute atomic E-state index is 0.494. The Labute approximate surface area is 173 Å². The van der Waals surface area contributed by atoms with E-state index < -0.39 is 0 Å². The maximum atomic E-state index is 5.65. The van der Waals surface area contributed by atoms with Crippen molar-refractivity contribution >= 4 is 11.6 Å². The molecule has 7 nitrogen and oxygen atoms in total. The molecule has 29 heavy (non-hydrogen) atoms. The van der Waals surface area contributed by atoms with Crippen LogP contribution in [0.2, 0.25) is 0 Å². The second-order valence-corrected chi connectivity index (χ2v) is 6.04. The standard InChI is InChI=1S/C22H31N3O4/c1-6-23-22(25-17-10-12-19(27-5)21(14-17)29-8-3)24-15-16-9-11-18(26-4)20(13-16)28-7-2/h9-14H,6-8,15H2,1-5H3,(H2,23,24,25). The summed E-state index contributed by atoms with van der Waals surface area (Å²) in [6.45, 7) is 8.29. The molecule has 158 valence electrons. The Morgan fingerprint density at radius 1 is 0.828 bits per heavy atom. The molecule has 0 amide bonds. The molecule has 2 aromatic carbocycles. The molecule has 2 N–H and O–H groups in total. The van der Waals surface area contributed by atoms with E-state index in [1.807, 2.05) is 57.2 Å². The third-order valence-electron chi connectivity index (χ3n) is 4.02. The number of nitrogens with zero attached hydrogens (tertiary/aromatic N) is 1. The van der Waals surface area contributed by atoms with Gasteiger partial charge in [0.05, 0.1) is 34.0 Å². The zero-order chi connectivity index (χ0) is 21.1. The first-order chi connectivity index (χ1) is 14.1. The van der Waals surface area contributed by atoms with Crippen molar-refractivity contribution < 1.29 is 18.9 Å². The molecule has 0 fully saturated rings. The molecule has 0 radical (unpaired) electrons. The van der Waals surface area contributed by atoms with Crippen LogP contribution in [0.3, 0.4) is 0 Å². The molecule has 0 saturated heterocycles. The number of hydrogen-bond acceptors (Lipinski definition) is 5. The minimum Gasteiger partial charge on any atom is -0.493 e. The highest BCUT2D eigenvalue weighted by Gasteiger charge is 2.08. The molecule has 0 spiro atoms. The topological polar surface area (TPSA) is 73.3 Å². The molecule has 2 aromatic rings. The molecule has 0 aliphatic carbocycles. The summed E-state index contributed by atoms with van der Waals surface area (Å²) < 4.78 is 22.0. The SMILES string of the molecule is CCNC(=NCc1ccc(OC)c(OCC)c1)Nc1ccc(OC)c(OCC)c1. The quantitative estimate of drug-likeness (QED) is 0.462. The normalized spacial score (nSPS) is 11.0. The van der Waals surface area contributed by atoms with E-state index in [9.17, 15) is 0 Å². The summed E-state index contributed by atoms with van der Waals surface area (Å²) in [5.74, 6) is 3.49. The lowest BCUT2D eigenvalue weighted by Crippen LogP contribution is -2.30. The Kier molecular flexibility index (Phi) is 8.95. The van der Waals surface area contributed by atoms with E-state index in [0.29, 0.717) is 43.0 Å². The van der Waals surface area contributed by atoms with Gasteiger partial charge in [-0.1, -0.05) is 6.07 Å². The number of hydrogen-bond donors (Lipinski definition) is 2. The lowest BCUT2D eigenvalue weighted by molar-refractivity contribution is 0.310. The second-order valence-electron chi connectivity index (χ2n) is 6.04. The third kappa shape index (κ3) is 6.48. The van der Waals surface area contributed by atoms with Gasteiger partial charge in [-0.25, -0.2) is 4.99 Å². The van der Waals surface area contributed by atoms with Gasteiger partial charge < -0.3 is 29.6 Å². The van der Waals surface area contributed by atoms with Gasteiger partial charge in [-0.05, 0) is 50.6 Å². The predicted molar refractivity (Wildman–Crippen MR) is 117 cm³/mol. The summed E-state index contributed by atoms with van der Waals surface area (Å²) in [4.78, 5) is 4.68. The van der Waals surface area contributed by atoms with E-state index in [0.717, 1.165) is 23.5 Å². The van der Waals surface area contributed by atoms with Gasteiger partial charge >= 0.3 is 0 Å². The van der Waals surface area contributed by atoms with E-state index in [1.54, 1.807) is 14.2 Å². The Hall–Kier alpha value is -3.09. The monoisotopic (exact) mass is 401 g/mol. The van der Waals surface area contributed by atoms with Crippen molar-refractivity contribution in [3.63, 3.8) is 0 Å². The summed E-state index contributed by atoms with van der Waals surface area (Å²) in [5, 5.41) is 6.56. The first-order valence-corrected chi connectivity index (χ1v) is 9.80. The van der Waals surface area contributed by atoms with Crippen LogP contribution in [0.5, 0.6) is 23.0 Å². The van der Waals surface area contributed by atoms with Crippen LogP contribution in [-0.4, -0.2) is 39.9 Å². The molecule has 0 aromatic heterocycles. The largest absolute Gasteiger partial charge is 0.493 e. The molecule has 0 saturated carbocycles.